The summed E-state index contributed by atoms with van der Waals surface area (Å²) < 4.78 is 10.3. The summed E-state index contributed by atoms with van der Waals surface area (Å²) in [7, 11) is 3.07. The summed E-state index contributed by atoms with van der Waals surface area (Å²) in [6, 6.07) is 6.22. The minimum Gasteiger partial charge on any atom is -0.385 e. The van der Waals surface area contributed by atoms with Gasteiger partial charge in [0.25, 0.3) is 0 Å². The number of hydrogen-bond donors (Lipinski definition) is 1. The van der Waals surface area contributed by atoms with Gasteiger partial charge >= 0.3 is 0 Å². The Morgan fingerprint density at radius 3 is 2.35 bits per heavy atom. The first kappa shape index (κ1) is 14.2. The van der Waals surface area contributed by atoms with E-state index in [1.807, 2.05) is 13.8 Å². The van der Waals surface area contributed by atoms with E-state index >= 15 is 0 Å². The van der Waals surface area contributed by atoms with Gasteiger partial charge in [0, 0.05) is 20.6 Å². The van der Waals surface area contributed by atoms with E-state index < -0.39 is 11.9 Å². The van der Waals surface area contributed by atoms with Gasteiger partial charge in [0.15, 0.2) is 6.29 Å². The van der Waals surface area contributed by atoms with Crippen LogP contribution in [0.1, 0.15) is 23.6 Å². The lowest BCUT2D eigenvalue weighted by molar-refractivity contribution is -0.207. The average Bonchev–Trinajstić information content (AvgIpc) is 2.24. The van der Waals surface area contributed by atoms with Crippen LogP contribution in [0, 0.1) is 13.8 Å². The van der Waals surface area contributed by atoms with Crippen LogP contribution in [0.5, 0.6) is 0 Å². The van der Waals surface area contributed by atoms with Crippen LogP contribution < -0.4 is 0 Å². The SMILES string of the molecule is COC(OC)C(C)(O)Cc1cc(C)ccc1C. The topological polar surface area (TPSA) is 38.7 Å². The highest BCUT2D eigenvalue weighted by atomic mass is 16.7. The summed E-state index contributed by atoms with van der Waals surface area (Å²) in [4.78, 5) is 0. The van der Waals surface area contributed by atoms with Crippen molar-refractivity contribution in [1.82, 2.24) is 0 Å². The Labute approximate surface area is 103 Å². The maximum Gasteiger partial charge on any atom is 0.185 e. The molecule has 0 aromatic heterocycles. The number of rotatable bonds is 5. The van der Waals surface area contributed by atoms with E-state index in [0.717, 1.165) is 5.56 Å². The van der Waals surface area contributed by atoms with Gasteiger partial charge < -0.3 is 14.6 Å². The molecule has 0 bridgehead atoms. The van der Waals surface area contributed by atoms with Gasteiger partial charge in [0.1, 0.15) is 5.60 Å². The van der Waals surface area contributed by atoms with Crippen LogP contribution in [0.25, 0.3) is 0 Å². The lowest BCUT2D eigenvalue weighted by Gasteiger charge is -2.31. The van der Waals surface area contributed by atoms with Crippen molar-refractivity contribution in [1.29, 1.82) is 0 Å². The van der Waals surface area contributed by atoms with E-state index in [1.54, 1.807) is 6.92 Å². The second kappa shape index (κ2) is 5.63. The largest absolute Gasteiger partial charge is 0.385 e. The van der Waals surface area contributed by atoms with Gasteiger partial charge in [-0.1, -0.05) is 23.8 Å². The van der Waals surface area contributed by atoms with Crippen LogP contribution in [0.4, 0.5) is 0 Å². The number of aryl methyl sites for hydroxylation is 2. The van der Waals surface area contributed by atoms with E-state index in [9.17, 15) is 5.11 Å². The summed E-state index contributed by atoms with van der Waals surface area (Å²) in [6.45, 7) is 5.81. The molecule has 0 aliphatic heterocycles. The van der Waals surface area contributed by atoms with E-state index in [1.165, 1.54) is 25.3 Å². The molecule has 1 unspecified atom stereocenters. The molecule has 3 heteroatoms. The zero-order valence-corrected chi connectivity index (χ0v) is 11.3. The monoisotopic (exact) mass is 238 g/mol. The number of ether oxygens (including phenoxy) is 2. The molecule has 1 rings (SSSR count). The minimum absolute atomic E-state index is 0.507. The lowest BCUT2D eigenvalue weighted by Crippen LogP contribution is -2.43. The Morgan fingerprint density at radius 1 is 1.24 bits per heavy atom. The maximum absolute atomic E-state index is 10.4. The first-order chi connectivity index (χ1) is 7.90. The summed E-state index contributed by atoms with van der Waals surface area (Å²) in [5.74, 6) is 0. The van der Waals surface area contributed by atoms with Crippen molar-refractivity contribution in [2.24, 2.45) is 0 Å². The van der Waals surface area contributed by atoms with E-state index in [0.29, 0.717) is 6.42 Å². The first-order valence-electron chi connectivity index (χ1n) is 5.75. The van der Waals surface area contributed by atoms with Crippen LogP contribution in [0.3, 0.4) is 0 Å². The highest BCUT2D eigenvalue weighted by Gasteiger charge is 2.32. The van der Waals surface area contributed by atoms with Crippen molar-refractivity contribution >= 4 is 0 Å². The summed E-state index contributed by atoms with van der Waals surface area (Å²) >= 11 is 0. The Morgan fingerprint density at radius 2 is 1.82 bits per heavy atom. The standard InChI is InChI=1S/C14H22O3/c1-10-6-7-11(2)12(8-10)9-14(3,15)13(16-4)17-5/h6-8,13,15H,9H2,1-5H3. The molecule has 0 saturated heterocycles. The highest BCUT2D eigenvalue weighted by molar-refractivity contribution is 5.31. The summed E-state index contributed by atoms with van der Waals surface area (Å²) in [6.07, 6.45) is -0.116. The van der Waals surface area contributed by atoms with Gasteiger partial charge in [-0.05, 0) is 31.9 Å². The average molecular weight is 238 g/mol. The Hall–Kier alpha value is -0.900. The lowest BCUT2D eigenvalue weighted by atomic mass is 9.92. The van der Waals surface area contributed by atoms with Crippen molar-refractivity contribution in [2.45, 2.75) is 39.1 Å². The first-order valence-corrected chi connectivity index (χ1v) is 5.75. The normalized spacial score (nSPS) is 15.0. The van der Waals surface area contributed by atoms with Crippen LogP contribution in [0.15, 0.2) is 18.2 Å². The molecule has 1 aromatic carbocycles. The number of aliphatic hydroxyl groups is 1. The predicted molar refractivity (Wildman–Crippen MR) is 68.0 cm³/mol. The van der Waals surface area contributed by atoms with Crippen molar-refractivity contribution in [2.75, 3.05) is 14.2 Å². The molecule has 0 amide bonds. The molecule has 1 N–H and O–H groups in total. The van der Waals surface area contributed by atoms with Crippen LogP contribution >= 0.6 is 0 Å². The van der Waals surface area contributed by atoms with E-state index in [2.05, 4.69) is 18.2 Å². The van der Waals surface area contributed by atoms with Crippen molar-refractivity contribution in [3.63, 3.8) is 0 Å². The van der Waals surface area contributed by atoms with Crippen molar-refractivity contribution in [3.8, 4) is 0 Å². The zero-order valence-electron chi connectivity index (χ0n) is 11.3. The van der Waals surface area contributed by atoms with Gasteiger partial charge in [0.05, 0.1) is 0 Å². The Balaban J connectivity index is 2.92. The predicted octanol–water partition coefficient (Wildman–Crippen LogP) is 2.22. The molecule has 1 atom stereocenters. The fraction of sp³-hybridized carbons (Fsp3) is 0.571. The van der Waals surface area contributed by atoms with Crippen molar-refractivity contribution < 1.29 is 14.6 Å². The molecule has 17 heavy (non-hydrogen) atoms. The molecule has 96 valence electrons. The summed E-state index contributed by atoms with van der Waals surface area (Å²) in [5, 5.41) is 10.4. The van der Waals surface area contributed by atoms with Gasteiger partial charge in [-0.2, -0.15) is 0 Å². The third-order valence-electron chi connectivity index (χ3n) is 2.99. The third kappa shape index (κ3) is 3.53. The van der Waals surface area contributed by atoms with Gasteiger partial charge in [-0.25, -0.2) is 0 Å². The van der Waals surface area contributed by atoms with Crippen molar-refractivity contribution in [3.05, 3.63) is 34.9 Å². The Bertz CT molecular complexity index is 368. The molecule has 0 fully saturated rings. The molecule has 0 spiro atoms. The number of methoxy groups -OCH3 is 2. The van der Waals surface area contributed by atoms with Gasteiger partial charge in [0.2, 0.25) is 0 Å². The highest BCUT2D eigenvalue weighted by Crippen LogP contribution is 2.22. The molecule has 0 radical (unpaired) electrons. The molecule has 0 heterocycles. The quantitative estimate of drug-likeness (QED) is 0.799. The molecular weight excluding hydrogens is 216 g/mol. The number of benzene rings is 1. The zero-order chi connectivity index (χ0) is 13.1. The fourth-order valence-corrected chi connectivity index (χ4v) is 2.06. The smallest absolute Gasteiger partial charge is 0.185 e. The fourth-order valence-electron chi connectivity index (χ4n) is 2.06. The Kier molecular flexibility index (Phi) is 4.69. The van der Waals surface area contributed by atoms with Gasteiger partial charge in [-0.15, -0.1) is 0 Å². The maximum atomic E-state index is 10.4. The molecule has 3 nitrogen and oxygen atoms in total. The molecule has 0 aliphatic carbocycles. The molecule has 0 aliphatic rings. The van der Waals surface area contributed by atoms with E-state index in [-0.39, 0.29) is 0 Å². The minimum atomic E-state index is -1.04. The second-order valence-electron chi connectivity index (χ2n) is 4.77. The second-order valence-corrected chi connectivity index (χ2v) is 4.77. The van der Waals surface area contributed by atoms with Crippen LogP contribution in [-0.4, -0.2) is 31.2 Å². The molecule has 0 saturated carbocycles. The molecule has 1 aromatic rings. The van der Waals surface area contributed by atoms with Crippen LogP contribution in [0.2, 0.25) is 0 Å². The summed E-state index contributed by atoms with van der Waals surface area (Å²) in [5.41, 5.74) is 2.44. The number of hydrogen-bond acceptors (Lipinski definition) is 3. The third-order valence-corrected chi connectivity index (χ3v) is 2.99. The van der Waals surface area contributed by atoms with E-state index in [4.69, 9.17) is 9.47 Å². The molecular formula is C14H22O3. The van der Waals surface area contributed by atoms with Gasteiger partial charge in [-0.3, -0.25) is 0 Å². The van der Waals surface area contributed by atoms with Crippen LogP contribution in [-0.2, 0) is 15.9 Å².